The van der Waals surface area contributed by atoms with Crippen molar-refractivity contribution >= 4 is 50.7 Å². The molecule has 0 bridgehead atoms. The van der Waals surface area contributed by atoms with E-state index in [0.717, 1.165) is 6.26 Å². The molecule has 204 valence electrons. The molecule has 0 aliphatic rings. The Morgan fingerprint density at radius 1 is 1.05 bits per heavy atom. The number of halogens is 2. The van der Waals surface area contributed by atoms with Crippen LogP contribution in [0.2, 0.25) is 10.0 Å². The third kappa shape index (κ3) is 9.39. The van der Waals surface area contributed by atoms with Crippen molar-refractivity contribution in [2.24, 2.45) is 5.92 Å². The van der Waals surface area contributed by atoms with E-state index < -0.39 is 16.1 Å². The minimum Gasteiger partial charge on any atom is -0.497 e. The maximum absolute atomic E-state index is 13.4. The summed E-state index contributed by atoms with van der Waals surface area (Å²) in [6.07, 6.45) is 1.41. The lowest BCUT2D eigenvalue weighted by Crippen LogP contribution is -2.48. The molecule has 0 aliphatic heterocycles. The summed E-state index contributed by atoms with van der Waals surface area (Å²) in [6, 6.07) is 10.9. The molecule has 2 amide bonds. The Balaban J connectivity index is 2.19. The number of carbonyl (C=O) groups excluding carboxylic acids is 2. The fourth-order valence-corrected chi connectivity index (χ4v) is 5.05. The standard InChI is InChI=1S/C26H35Cl2N3O5S/c1-18(2)16-29-26(33)19(3)30(17-20-8-9-21(27)15-24(20)28)25(32)7-6-14-31(37(5,34)35)22-10-12-23(36-4)13-11-22/h8-13,15,18-19H,6-7,14,16-17H2,1-5H3,(H,29,33)/t19-/m0/s1. The molecule has 0 radical (unpaired) electrons. The van der Waals surface area contributed by atoms with Crippen LogP contribution < -0.4 is 14.4 Å². The second kappa shape index (κ2) is 13.9. The number of methoxy groups -OCH3 is 1. The molecule has 2 rings (SSSR count). The number of benzene rings is 2. The number of rotatable bonds is 13. The monoisotopic (exact) mass is 571 g/mol. The highest BCUT2D eigenvalue weighted by atomic mass is 35.5. The summed E-state index contributed by atoms with van der Waals surface area (Å²) in [4.78, 5) is 27.6. The van der Waals surface area contributed by atoms with E-state index in [-0.39, 0.29) is 43.7 Å². The lowest BCUT2D eigenvalue weighted by molar-refractivity contribution is -0.140. The van der Waals surface area contributed by atoms with Crippen molar-refractivity contribution in [3.8, 4) is 5.75 Å². The van der Waals surface area contributed by atoms with Crippen LogP contribution in [0.4, 0.5) is 5.69 Å². The molecule has 2 aromatic rings. The number of nitrogens with one attached hydrogen (secondary N) is 1. The lowest BCUT2D eigenvalue weighted by Gasteiger charge is -2.30. The second-order valence-electron chi connectivity index (χ2n) is 9.21. The number of ether oxygens (including phenoxy) is 1. The van der Waals surface area contributed by atoms with E-state index >= 15 is 0 Å². The molecule has 8 nitrogen and oxygen atoms in total. The molecule has 2 aromatic carbocycles. The Bertz CT molecular complexity index is 1170. The first-order chi connectivity index (χ1) is 17.3. The molecule has 0 saturated carbocycles. The van der Waals surface area contributed by atoms with Crippen LogP contribution in [0, 0.1) is 5.92 Å². The van der Waals surface area contributed by atoms with Gasteiger partial charge in [0.25, 0.3) is 0 Å². The SMILES string of the molecule is COc1ccc(N(CCCC(=O)N(Cc2ccc(Cl)cc2Cl)[C@@H](C)C(=O)NCC(C)C)S(C)(=O)=O)cc1. The molecule has 0 aromatic heterocycles. The van der Waals surface area contributed by atoms with Gasteiger partial charge in [0.05, 0.1) is 19.1 Å². The van der Waals surface area contributed by atoms with Gasteiger partial charge in [0.1, 0.15) is 11.8 Å². The normalized spacial score (nSPS) is 12.2. The fourth-order valence-electron chi connectivity index (χ4n) is 3.62. The van der Waals surface area contributed by atoms with E-state index in [1.807, 2.05) is 13.8 Å². The highest BCUT2D eigenvalue weighted by molar-refractivity contribution is 7.92. The predicted molar refractivity (Wildman–Crippen MR) is 149 cm³/mol. The Morgan fingerprint density at radius 2 is 1.70 bits per heavy atom. The van der Waals surface area contributed by atoms with Crippen LogP contribution in [0.3, 0.4) is 0 Å². The highest BCUT2D eigenvalue weighted by Crippen LogP contribution is 2.25. The molecular formula is C26H35Cl2N3O5S. The van der Waals surface area contributed by atoms with Crippen LogP contribution in [0.1, 0.15) is 39.2 Å². The molecular weight excluding hydrogens is 537 g/mol. The summed E-state index contributed by atoms with van der Waals surface area (Å²) in [5, 5.41) is 3.73. The fraction of sp³-hybridized carbons (Fsp3) is 0.462. The van der Waals surface area contributed by atoms with Gasteiger partial charge in [-0.1, -0.05) is 43.1 Å². The third-order valence-corrected chi connectivity index (χ3v) is 7.50. The van der Waals surface area contributed by atoms with Crippen molar-refractivity contribution in [3.05, 3.63) is 58.1 Å². The zero-order valence-corrected chi connectivity index (χ0v) is 24.2. The Labute approximate surface area is 229 Å². The van der Waals surface area contributed by atoms with Crippen molar-refractivity contribution in [2.75, 3.05) is 30.8 Å². The largest absolute Gasteiger partial charge is 0.497 e. The number of carbonyl (C=O) groups is 2. The van der Waals surface area contributed by atoms with Crippen molar-refractivity contribution in [3.63, 3.8) is 0 Å². The second-order valence-corrected chi connectivity index (χ2v) is 12.0. The van der Waals surface area contributed by atoms with Crippen LogP contribution in [-0.4, -0.2) is 57.6 Å². The first kappa shape index (κ1) is 30.7. The van der Waals surface area contributed by atoms with E-state index in [0.29, 0.717) is 33.6 Å². The summed E-state index contributed by atoms with van der Waals surface area (Å²) >= 11 is 12.4. The van der Waals surface area contributed by atoms with E-state index in [2.05, 4.69) is 5.32 Å². The van der Waals surface area contributed by atoms with Gasteiger partial charge in [-0.3, -0.25) is 13.9 Å². The number of anilines is 1. The van der Waals surface area contributed by atoms with Crippen molar-refractivity contribution in [1.29, 1.82) is 0 Å². The van der Waals surface area contributed by atoms with Gasteiger partial charge in [-0.15, -0.1) is 0 Å². The molecule has 11 heteroatoms. The first-order valence-electron chi connectivity index (χ1n) is 12.0. The highest BCUT2D eigenvalue weighted by Gasteiger charge is 2.27. The topological polar surface area (TPSA) is 96.0 Å². The quantitative estimate of drug-likeness (QED) is 0.374. The van der Waals surface area contributed by atoms with E-state index in [1.54, 1.807) is 49.4 Å². The number of nitrogens with zero attached hydrogens (tertiary/aromatic N) is 2. The molecule has 0 spiro atoms. The molecule has 0 unspecified atom stereocenters. The number of hydrogen-bond donors (Lipinski definition) is 1. The van der Waals surface area contributed by atoms with Crippen molar-refractivity contribution in [1.82, 2.24) is 10.2 Å². The predicted octanol–water partition coefficient (Wildman–Crippen LogP) is 4.74. The molecule has 0 heterocycles. The van der Waals surface area contributed by atoms with Crippen LogP contribution >= 0.6 is 23.2 Å². The Kier molecular flexibility index (Phi) is 11.5. The summed E-state index contributed by atoms with van der Waals surface area (Å²) in [7, 11) is -2.06. The molecule has 1 atom stereocenters. The molecule has 0 saturated heterocycles. The Morgan fingerprint density at radius 3 is 2.24 bits per heavy atom. The van der Waals surface area contributed by atoms with Gasteiger partial charge >= 0.3 is 0 Å². The van der Waals surface area contributed by atoms with Gasteiger partial charge in [-0.05, 0) is 61.2 Å². The maximum Gasteiger partial charge on any atom is 0.242 e. The molecule has 0 aliphatic carbocycles. The third-order valence-electron chi connectivity index (χ3n) is 5.72. The lowest BCUT2D eigenvalue weighted by atomic mass is 10.1. The van der Waals surface area contributed by atoms with Gasteiger partial charge in [-0.25, -0.2) is 8.42 Å². The summed E-state index contributed by atoms with van der Waals surface area (Å²) in [5.41, 5.74) is 1.13. The zero-order valence-electron chi connectivity index (χ0n) is 21.8. The average Bonchev–Trinajstić information content (AvgIpc) is 2.83. The van der Waals surface area contributed by atoms with Gasteiger partial charge in [0.2, 0.25) is 21.8 Å². The first-order valence-corrected chi connectivity index (χ1v) is 14.6. The van der Waals surface area contributed by atoms with Crippen molar-refractivity contribution in [2.45, 2.75) is 46.2 Å². The summed E-state index contributed by atoms with van der Waals surface area (Å²) in [6.45, 7) is 6.32. The number of amides is 2. The summed E-state index contributed by atoms with van der Waals surface area (Å²) in [5.74, 6) is 0.295. The smallest absolute Gasteiger partial charge is 0.242 e. The van der Waals surface area contributed by atoms with Gasteiger partial charge in [-0.2, -0.15) is 0 Å². The van der Waals surface area contributed by atoms with E-state index in [4.69, 9.17) is 27.9 Å². The zero-order chi connectivity index (χ0) is 27.8. The average molecular weight is 573 g/mol. The van der Waals surface area contributed by atoms with E-state index in [1.165, 1.54) is 16.3 Å². The van der Waals surface area contributed by atoms with Crippen LogP contribution in [0.25, 0.3) is 0 Å². The Hall–Kier alpha value is -2.49. The molecule has 37 heavy (non-hydrogen) atoms. The maximum atomic E-state index is 13.4. The van der Waals surface area contributed by atoms with Crippen molar-refractivity contribution < 1.29 is 22.7 Å². The van der Waals surface area contributed by atoms with Gasteiger partial charge < -0.3 is 15.0 Å². The minimum absolute atomic E-state index is 0.0369. The minimum atomic E-state index is -3.59. The van der Waals surface area contributed by atoms with Crippen LogP contribution in [0.5, 0.6) is 5.75 Å². The van der Waals surface area contributed by atoms with Gasteiger partial charge in [0.15, 0.2) is 0 Å². The van der Waals surface area contributed by atoms with E-state index in [9.17, 15) is 18.0 Å². The molecule has 0 fully saturated rings. The molecule has 1 N–H and O–H groups in total. The van der Waals surface area contributed by atoms with Gasteiger partial charge in [0, 0.05) is 36.1 Å². The van der Waals surface area contributed by atoms with Crippen LogP contribution in [0.15, 0.2) is 42.5 Å². The number of hydrogen-bond acceptors (Lipinski definition) is 5. The van der Waals surface area contributed by atoms with Crippen LogP contribution in [-0.2, 0) is 26.2 Å². The summed E-state index contributed by atoms with van der Waals surface area (Å²) < 4.78 is 31.3. The number of sulfonamides is 1.